The first-order valence-electron chi connectivity index (χ1n) is 5.38. The van der Waals surface area contributed by atoms with E-state index in [1.807, 2.05) is 6.92 Å². The molecule has 1 aliphatic rings. The molecule has 1 N–H and O–H groups in total. The Morgan fingerprint density at radius 1 is 1.40 bits per heavy atom. The molecule has 1 saturated carbocycles. The van der Waals surface area contributed by atoms with Gasteiger partial charge in [0.05, 0.1) is 5.56 Å². The Morgan fingerprint density at radius 2 is 2.07 bits per heavy atom. The second-order valence-electron chi connectivity index (χ2n) is 4.21. The standard InChI is InChI=1S/C12H15NO2/c1-8-6-10(12(14)15)7-11(13-8)9-4-2-3-5-9/h6-7,9H,2-5H2,1H3,(H,14,15). The van der Waals surface area contributed by atoms with E-state index in [0.717, 1.165) is 24.2 Å². The van der Waals surface area contributed by atoms with Crippen molar-refractivity contribution >= 4 is 5.97 Å². The van der Waals surface area contributed by atoms with Crippen LogP contribution >= 0.6 is 0 Å². The van der Waals surface area contributed by atoms with Gasteiger partial charge in [0.1, 0.15) is 0 Å². The molecule has 3 heteroatoms. The Bertz CT molecular complexity index is 381. The van der Waals surface area contributed by atoms with Crippen LogP contribution in [0.5, 0.6) is 0 Å². The number of hydrogen-bond acceptors (Lipinski definition) is 2. The maximum absolute atomic E-state index is 10.9. The van der Waals surface area contributed by atoms with E-state index < -0.39 is 5.97 Å². The number of aromatic carboxylic acids is 1. The lowest BCUT2D eigenvalue weighted by Crippen LogP contribution is -2.04. The lowest BCUT2D eigenvalue weighted by Gasteiger charge is -2.10. The number of carbonyl (C=O) groups is 1. The van der Waals surface area contributed by atoms with Crippen LogP contribution in [0.2, 0.25) is 0 Å². The molecule has 0 spiro atoms. The number of carboxylic acid groups (broad SMARTS) is 1. The summed E-state index contributed by atoms with van der Waals surface area (Å²) >= 11 is 0. The molecule has 1 aliphatic carbocycles. The molecule has 1 fully saturated rings. The van der Waals surface area contributed by atoms with Crippen molar-refractivity contribution in [3.8, 4) is 0 Å². The van der Waals surface area contributed by atoms with Crippen LogP contribution in [-0.4, -0.2) is 16.1 Å². The molecule has 1 aromatic heterocycles. The van der Waals surface area contributed by atoms with E-state index in [4.69, 9.17) is 5.11 Å². The van der Waals surface area contributed by atoms with Crippen molar-refractivity contribution in [2.75, 3.05) is 0 Å². The highest BCUT2D eigenvalue weighted by atomic mass is 16.4. The summed E-state index contributed by atoms with van der Waals surface area (Å²) in [5.74, 6) is -0.386. The third-order valence-corrected chi connectivity index (χ3v) is 2.99. The van der Waals surface area contributed by atoms with E-state index >= 15 is 0 Å². The third kappa shape index (κ3) is 2.17. The van der Waals surface area contributed by atoms with Gasteiger partial charge in [0, 0.05) is 17.3 Å². The molecule has 15 heavy (non-hydrogen) atoms. The summed E-state index contributed by atoms with van der Waals surface area (Å²) < 4.78 is 0. The first-order valence-corrected chi connectivity index (χ1v) is 5.38. The summed E-state index contributed by atoms with van der Waals surface area (Å²) in [6.07, 6.45) is 4.77. The van der Waals surface area contributed by atoms with Gasteiger partial charge >= 0.3 is 5.97 Å². The van der Waals surface area contributed by atoms with Crippen molar-refractivity contribution in [1.29, 1.82) is 0 Å². The third-order valence-electron chi connectivity index (χ3n) is 2.99. The van der Waals surface area contributed by atoms with Crippen LogP contribution in [0.3, 0.4) is 0 Å². The minimum Gasteiger partial charge on any atom is -0.478 e. The minimum absolute atomic E-state index is 0.365. The monoisotopic (exact) mass is 205 g/mol. The number of pyridine rings is 1. The van der Waals surface area contributed by atoms with E-state index in [1.54, 1.807) is 12.1 Å². The van der Waals surface area contributed by atoms with Crippen molar-refractivity contribution in [2.45, 2.75) is 38.5 Å². The molecule has 80 valence electrons. The maximum Gasteiger partial charge on any atom is 0.335 e. The largest absolute Gasteiger partial charge is 0.478 e. The quantitative estimate of drug-likeness (QED) is 0.807. The zero-order valence-corrected chi connectivity index (χ0v) is 8.86. The minimum atomic E-state index is -0.861. The van der Waals surface area contributed by atoms with Crippen LogP contribution < -0.4 is 0 Å². The van der Waals surface area contributed by atoms with E-state index in [-0.39, 0.29) is 0 Å². The Hall–Kier alpha value is -1.38. The van der Waals surface area contributed by atoms with Crippen LogP contribution in [0.25, 0.3) is 0 Å². The predicted molar refractivity (Wildman–Crippen MR) is 57.1 cm³/mol. The number of rotatable bonds is 2. The predicted octanol–water partition coefficient (Wildman–Crippen LogP) is 2.75. The zero-order chi connectivity index (χ0) is 10.8. The highest BCUT2D eigenvalue weighted by molar-refractivity contribution is 5.87. The van der Waals surface area contributed by atoms with Gasteiger partial charge in [-0.1, -0.05) is 12.8 Å². The van der Waals surface area contributed by atoms with Crippen molar-refractivity contribution < 1.29 is 9.90 Å². The first kappa shape index (κ1) is 10.1. The Kier molecular flexibility index (Phi) is 2.71. The fourth-order valence-electron chi connectivity index (χ4n) is 2.25. The van der Waals surface area contributed by atoms with Crippen LogP contribution in [0.15, 0.2) is 12.1 Å². The van der Waals surface area contributed by atoms with E-state index in [2.05, 4.69) is 4.98 Å². The van der Waals surface area contributed by atoms with Crippen LogP contribution in [0, 0.1) is 6.92 Å². The van der Waals surface area contributed by atoms with Crippen molar-refractivity contribution in [2.24, 2.45) is 0 Å². The Morgan fingerprint density at radius 3 is 2.67 bits per heavy atom. The molecule has 0 radical (unpaired) electrons. The molecule has 2 rings (SSSR count). The molecule has 1 aromatic rings. The van der Waals surface area contributed by atoms with Crippen LogP contribution in [0.4, 0.5) is 0 Å². The molecule has 0 unspecified atom stereocenters. The molecule has 3 nitrogen and oxygen atoms in total. The van der Waals surface area contributed by atoms with Crippen molar-refractivity contribution in [3.63, 3.8) is 0 Å². The summed E-state index contributed by atoms with van der Waals surface area (Å²) in [4.78, 5) is 15.3. The lowest BCUT2D eigenvalue weighted by atomic mass is 10.0. The summed E-state index contributed by atoms with van der Waals surface area (Å²) in [6, 6.07) is 3.35. The normalized spacial score (nSPS) is 16.9. The summed E-state index contributed by atoms with van der Waals surface area (Å²) in [5, 5.41) is 8.95. The van der Waals surface area contributed by atoms with Crippen LogP contribution in [-0.2, 0) is 0 Å². The molecular weight excluding hydrogens is 190 g/mol. The molecule has 1 heterocycles. The Labute approximate surface area is 89.2 Å². The number of carboxylic acids is 1. The number of aromatic nitrogens is 1. The highest BCUT2D eigenvalue weighted by Gasteiger charge is 2.19. The van der Waals surface area contributed by atoms with E-state index in [9.17, 15) is 4.79 Å². The van der Waals surface area contributed by atoms with Gasteiger partial charge in [0.25, 0.3) is 0 Å². The summed E-state index contributed by atoms with van der Waals surface area (Å²) in [5.41, 5.74) is 2.13. The van der Waals surface area contributed by atoms with Gasteiger partial charge in [-0.25, -0.2) is 4.79 Å². The van der Waals surface area contributed by atoms with E-state index in [1.165, 1.54) is 12.8 Å². The molecule has 0 saturated heterocycles. The van der Waals surface area contributed by atoms with Gasteiger partial charge in [-0.3, -0.25) is 4.98 Å². The van der Waals surface area contributed by atoms with Crippen molar-refractivity contribution in [3.05, 3.63) is 29.1 Å². The summed E-state index contributed by atoms with van der Waals surface area (Å²) in [6.45, 7) is 1.85. The molecule has 0 atom stereocenters. The van der Waals surface area contributed by atoms with Gasteiger partial charge in [-0.15, -0.1) is 0 Å². The topological polar surface area (TPSA) is 50.2 Å². The number of nitrogens with zero attached hydrogens (tertiary/aromatic N) is 1. The van der Waals surface area contributed by atoms with Crippen molar-refractivity contribution in [1.82, 2.24) is 4.98 Å². The number of aryl methyl sites for hydroxylation is 1. The van der Waals surface area contributed by atoms with Gasteiger partial charge in [0.2, 0.25) is 0 Å². The highest BCUT2D eigenvalue weighted by Crippen LogP contribution is 2.33. The van der Waals surface area contributed by atoms with Gasteiger partial charge in [0.15, 0.2) is 0 Å². The molecular formula is C12H15NO2. The molecule has 0 bridgehead atoms. The fourth-order valence-corrected chi connectivity index (χ4v) is 2.25. The van der Waals surface area contributed by atoms with Gasteiger partial charge in [-0.2, -0.15) is 0 Å². The van der Waals surface area contributed by atoms with Gasteiger partial charge in [-0.05, 0) is 31.9 Å². The number of hydrogen-bond donors (Lipinski definition) is 1. The molecule has 0 aliphatic heterocycles. The fraction of sp³-hybridized carbons (Fsp3) is 0.500. The Balaban J connectivity index is 2.34. The second-order valence-corrected chi connectivity index (χ2v) is 4.21. The molecule has 0 amide bonds. The SMILES string of the molecule is Cc1cc(C(=O)O)cc(C2CCCC2)n1. The molecule has 0 aromatic carbocycles. The van der Waals surface area contributed by atoms with Gasteiger partial charge < -0.3 is 5.11 Å². The second kappa shape index (κ2) is 4.01. The van der Waals surface area contributed by atoms with E-state index in [0.29, 0.717) is 11.5 Å². The zero-order valence-electron chi connectivity index (χ0n) is 8.86. The summed E-state index contributed by atoms with van der Waals surface area (Å²) in [7, 11) is 0. The maximum atomic E-state index is 10.9. The smallest absolute Gasteiger partial charge is 0.335 e. The van der Waals surface area contributed by atoms with Crippen LogP contribution in [0.1, 0.15) is 53.3 Å². The lowest BCUT2D eigenvalue weighted by molar-refractivity contribution is 0.0696. The average Bonchev–Trinajstić information content (AvgIpc) is 2.69. The average molecular weight is 205 g/mol. The first-order chi connectivity index (χ1) is 7.16.